The SMILES string of the molecule is Cc1nc2ccccn2c1CC(=O)N1CCCCNC(=O)c2cc(Cl)ccc2OC[C@@H](CC(C)C)NC(=O)C1. The molecule has 0 unspecified atom stereocenters. The lowest BCUT2D eigenvalue weighted by molar-refractivity contribution is -0.136. The van der Waals surface area contributed by atoms with Gasteiger partial charge in [-0.2, -0.15) is 0 Å². The van der Waals surface area contributed by atoms with Crippen molar-refractivity contribution in [3.05, 3.63) is 64.6 Å². The molecule has 0 fully saturated rings. The predicted octanol–water partition coefficient (Wildman–Crippen LogP) is 3.80. The Morgan fingerprint density at radius 2 is 2.03 bits per heavy atom. The van der Waals surface area contributed by atoms with Crippen molar-refractivity contribution >= 4 is 35.0 Å². The standard InChI is InChI=1S/C29H36ClN5O4/c1-19(2)14-22-18-39-25-10-9-21(30)15-23(25)29(38)31-11-5-7-12-34(17-27(36)33-22)28(37)16-24-20(3)32-26-8-4-6-13-35(24)26/h4,6,8-10,13,15,19,22H,5,7,11-12,14,16-18H2,1-3H3,(H,31,38)(H,33,36)/t22-/m1/s1. The van der Waals surface area contributed by atoms with Gasteiger partial charge in [-0.05, 0) is 62.4 Å². The fourth-order valence-corrected chi connectivity index (χ4v) is 5.00. The largest absolute Gasteiger partial charge is 0.491 e. The number of rotatable bonds is 4. The maximum atomic E-state index is 13.5. The van der Waals surface area contributed by atoms with E-state index in [0.29, 0.717) is 54.6 Å². The van der Waals surface area contributed by atoms with Crippen molar-refractivity contribution < 1.29 is 19.1 Å². The summed E-state index contributed by atoms with van der Waals surface area (Å²) in [7, 11) is 0. The molecule has 3 aromatic rings. The number of aromatic nitrogens is 2. The normalized spacial score (nSPS) is 17.6. The van der Waals surface area contributed by atoms with E-state index < -0.39 is 0 Å². The van der Waals surface area contributed by atoms with E-state index >= 15 is 0 Å². The third-order valence-electron chi connectivity index (χ3n) is 6.72. The first-order valence-electron chi connectivity index (χ1n) is 13.4. The summed E-state index contributed by atoms with van der Waals surface area (Å²) in [6.07, 6.45) is 3.96. The van der Waals surface area contributed by atoms with Crippen molar-refractivity contribution in [3.63, 3.8) is 0 Å². The van der Waals surface area contributed by atoms with Crippen molar-refractivity contribution in [1.82, 2.24) is 24.9 Å². The van der Waals surface area contributed by atoms with Gasteiger partial charge in [0.05, 0.1) is 36.0 Å². The van der Waals surface area contributed by atoms with Crippen molar-refractivity contribution in [2.75, 3.05) is 26.2 Å². The van der Waals surface area contributed by atoms with Gasteiger partial charge in [0.2, 0.25) is 11.8 Å². The minimum absolute atomic E-state index is 0.0538. The summed E-state index contributed by atoms with van der Waals surface area (Å²) >= 11 is 6.16. The average molecular weight is 554 g/mol. The van der Waals surface area contributed by atoms with Crippen LogP contribution in [0.4, 0.5) is 0 Å². The first kappa shape index (κ1) is 28.4. The highest BCUT2D eigenvalue weighted by Gasteiger charge is 2.24. The van der Waals surface area contributed by atoms with E-state index in [1.807, 2.05) is 35.7 Å². The molecule has 0 spiro atoms. The van der Waals surface area contributed by atoms with Crippen molar-refractivity contribution in [2.24, 2.45) is 5.92 Å². The molecule has 208 valence electrons. The molecule has 1 aliphatic rings. The van der Waals surface area contributed by atoms with Crippen LogP contribution in [0.15, 0.2) is 42.6 Å². The highest BCUT2D eigenvalue weighted by atomic mass is 35.5. The zero-order chi connectivity index (χ0) is 27.9. The lowest BCUT2D eigenvalue weighted by Crippen LogP contribution is -2.47. The van der Waals surface area contributed by atoms with E-state index in [1.165, 1.54) is 0 Å². The fraction of sp³-hybridized carbons (Fsp3) is 0.448. The molecule has 0 radical (unpaired) electrons. The number of pyridine rings is 1. The van der Waals surface area contributed by atoms with Gasteiger partial charge in [-0.15, -0.1) is 0 Å². The average Bonchev–Trinajstić information content (AvgIpc) is 3.20. The Balaban J connectivity index is 1.53. The molecule has 2 aromatic heterocycles. The molecule has 39 heavy (non-hydrogen) atoms. The number of imidazole rings is 1. The second kappa shape index (κ2) is 13.0. The quantitative estimate of drug-likeness (QED) is 0.511. The van der Waals surface area contributed by atoms with E-state index in [-0.39, 0.29) is 43.3 Å². The molecule has 4 rings (SSSR count). The molecule has 2 N–H and O–H groups in total. The highest BCUT2D eigenvalue weighted by Crippen LogP contribution is 2.24. The lowest BCUT2D eigenvalue weighted by atomic mass is 10.0. The van der Waals surface area contributed by atoms with Crippen molar-refractivity contribution in [3.8, 4) is 5.75 Å². The number of aryl methyl sites for hydroxylation is 1. The number of hydrogen-bond donors (Lipinski definition) is 2. The topological polar surface area (TPSA) is 105 Å². The van der Waals surface area contributed by atoms with Gasteiger partial charge in [-0.25, -0.2) is 4.98 Å². The maximum absolute atomic E-state index is 13.5. The minimum atomic E-state index is -0.299. The van der Waals surface area contributed by atoms with Crippen LogP contribution in [0, 0.1) is 12.8 Å². The van der Waals surface area contributed by atoms with Crippen LogP contribution in [0.5, 0.6) is 5.75 Å². The molecule has 0 saturated heterocycles. The van der Waals surface area contributed by atoms with E-state index in [4.69, 9.17) is 16.3 Å². The van der Waals surface area contributed by atoms with Crippen molar-refractivity contribution in [2.45, 2.75) is 52.5 Å². The molecule has 3 amide bonds. The Labute approximate surface area is 233 Å². The van der Waals surface area contributed by atoms with E-state index in [2.05, 4.69) is 29.5 Å². The summed E-state index contributed by atoms with van der Waals surface area (Å²) in [4.78, 5) is 45.7. The van der Waals surface area contributed by atoms with Crippen LogP contribution < -0.4 is 15.4 Å². The second-order valence-corrected chi connectivity index (χ2v) is 10.8. The Morgan fingerprint density at radius 3 is 2.82 bits per heavy atom. The summed E-state index contributed by atoms with van der Waals surface area (Å²) in [6, 6.07) is 10.3. The molecule has 0 aliphatic carbocycles. The van der Waals surface area contributed by atoms with Gasteiger partial charge in [0, 0.05) is 24.3 Å². The molecular weight excluding hydrogens is 518 g/mol. The number of carbonyl (C=O) groups is 3. The predicted molar refractivity (Wildman–Crippen MR) is 150 cm³/mol. The molecule has 0 bridgehead atoms. The Bertz CT molecular complexity index is 1340. The molecular formula is C29H36ClN5O4. The number of benzene rings is 1. The summed E-state index contributed by atoms with van der Waals surface area (Å²) in [5.74, 6) is 0.0430. The van der Waals surface area contributed by atoms with Crippen LogP contribution in [-0.4, -0.2) is 64.3 Å². The molecule has 1 atom stereocenters. The molecule has 0 saturated carbocycles. The maximum Gasteiger partial charge on any atom is 0.255 e. The fourth-order valence-electron chi connectivity index (χ4n) is 4.83. The Hall–Kier alpha value is -3.59. The number of nitrogens with zero attached hydrogens (tertiary/aromatic N) is 3. The summed E-state index contributed by atoms with van der Waals surface area (Å²) in [6.45, 7) is 6.96. The molecule has 1 aromatic carbocycles. The van der Waals surface area contributed by atoms with Crippen LogP contribution >= 0.6 is 11.6 Å². The van der Waals surface area contributed by atoms with Gasteiger partial charge < -0.3 is 24.7 Å². The Kier molecular flexibility index (Phi) is 9.45. The number of nitrogens with one attached hydrogen (secondary N) is 2. The molecule has 10 heteroatoms. The van der Waals surface area contributed by atoms with Gasteiger partial charge >= 0.3 is 0 Å². The lowest BCUT2D eigenvalue weighted by Gasteiger charge is -2.25. The van der Waals surface area contributed by atoms with Gasteiger partial charge in [0.15, 0.2) is 0 Å². The monoisotopic (exact) mass is 553 g/mol. The number of amides is 3. The van der Waals surface area contributed by atoms with Crippen LogP contribution in [0.25, 0.3) is 5.65 Å². The minimum Gasteiger partial charge on any atom is -0.491 e. The van der Waals surface area contributed by atoms with Crippen LogP contribution in [0.3, 0.4) is 0 Å². The third-order valence-corrected chi connectivity index (χ3v) is 6.96. The summed E-state index contributed by atoms with van der Waals surface area (Å²) in [5, 5.41) is 6.41. The van der Waals surface area contributed by atoms with E-state index in [0.717, 1.165) is 17.0 Å². The smallest absolute Gasteiger partial charge is 0.255 e. The van der Waals surface area contributed by atoms with Gasteiger partial charge in [0.25, 0.3) is 5.91 Å². The van der Waals surface area contributed by atoms with Gasteiger partial charge in [-0.1, -0.05) is 31.5 Å². The Morgan fingerprint density at radius 1 is 1.21 bits per heavy atom. The number of fused-ring (bicyclic) bond motifs is 2. The zero-order valence-corrected chi connectivity index (χ0v) is 23.5. The number of hydrogen-bond acceptors (Lipinski definition) is 5. The third kappa shape index (κ3) is 7.50. The van der Waals surface area contributed by atoms with E-state index in [1.54, 1.807) is 23.1 Å². The van der Waals surface area contributed by atoms with Crippen LogP contribution in [0.2, 0.25) is 5.02 Å². The highest BCUT2D eigenvalue weighted by molar-refractivity contribution is 6.31. The summed E-state index contributed by atoms with van der Waals surface area (Å²) in [5.41, 5.74) is 2.73. The number of carbonyl (C=O) groups excluding carboxylic acids is 3. The zero-order valence-electron chi connectivity index (χ0n) is 22.7. The van der Waals surface area contributed by atoms with Crippen LogP contribution in [0.1, 0.15) is 54.9 Å². The second-order valence-electron chi connectivity index (χ2n) is 10.4. The first-order valence-corrected chi connectivity index (χ1v) is 13.8. The summed E-state index contributed by atoms with van der Waals surface area (Å²) < 4.78 is 7.94. The van der Waals surface area contributed by atoms with Crippen LogP contribution in [-0.2, 0) is 16.0 Å². The van der Waals surface area contributed by atoms with E-state index in [9.17, 15) is 14.4 Å². The molecule has 9 nitrogen and oxygen atoms in total. The van der Waals surface area contributed by atoms with Gasteiger partial charge in [-0.3, -0.25) is 14.4 Å². The first-order chi connectivity index (χ1) is 18.7. The molecule has 1 aliphatic heterocycles. The van der Waals surface area contributed by atoms with Crippen molar-refractivity contribution in [1.29, 1.82) is 0 Å². The van der Waals surface area contributed by atoms with Gasteiger partial charge in [0.1, 0.15) is 18.0 Å². The molecule has 3 heterocycles. The number of ether oxygens (including phenoxy) is 1. The number of halogens is 1.